The maximum absolute atomic E-state index is 5.75. The maximum atomic E-state index is 5.75. The number of ether oxygens (including phenoxy) is 1. The summed E-state index contributed by atoms with van der Waals surface area (Å²) in [7, 11) is 0. The maximum Gasteiger partial charge on any atom is 0.0599 e. The van der Waals surface area contributed by atoms with E-state index in [9.17, 15) is 0 Å². The molecule has 1 saturated carbocycles. The molecule has 0 N–H and O–H groups in total. The van der Waals surface area contributed by atoms with Crippen LogP contribution in [0.15, 0.2) is 0 Å². The number of rotatable bonds is 5. The molecule has 1 aliphatic heterocycles. The first kappa shape index (κ1) is 11.9. The van der Waals surface area contributed by atoms with Gasteiger partial charge in [-0.05, 0) is 31.6 Å². The molecule has 0 spiro atoms. The molecule has 2 rings (SSSR count). The van der Waals surface area contributed by atoms with Gasteiger partial charge in [-0.3, -0.25) is 0 Å². The van der Waals surface area contributed by atoms with Gasteiger partial charge in [0.1, 0.15) is 0 Å². The molecule has 2 nitrogen and oxygen atoms in total. The van der Waals surface area contributed by atoms with Crippen LogP contribution in [0.3, 0.4) is 0 Å². The Morgan fingerprint density at radius 2 is 1.87 bits per heavy atom. The first-order valence-electron chi connectivity index (χ1n) is 6.28. The number of nitrogens with zero attached hydrogens (tertiary/aromatic N) is 1. The van der Waals surface area contributed by atoms with Gasteiger partial charge in [0.15, 0.2) is 0 Å². The number of hydrogen-bond donors (Lipinski definition) is 0. The Morgan fingerprint density at radius 1 is 1.13 bits per heavy atom. The van der Waals surface area contributed by atoms with Crippen molar-refractivity contribution >= 4 is 15.9 Å². The van der Waals surface area contributed by atoms with Crippen LogP contribution in [0.2, 0.25) is 0 Å². The van der Waals surface area contributed by atoms with Crippen molar-refractivity contribution < 1.29 is 4.74 Å². The van der Waals surface area contributed by atoms with E-state index in [0.29, 0.717) is 6.10 Å². The average molecular weight is 276 g/mol. The van der Waals surface area contributed by atoms with Gasteiger partial charge in [-0.1, -0.05) is 22.4 Å². The number of hydrogen-bond acceptors (Lipinski definition) is 2. The van der Waals surface area contributed by atoms with E-state index in [1.54, 1.807) is 0 Å². The number of halogens is 1. The SMILES string of the molecule is BrCCOC1CCN(CC2CCC2)CC1. The molecule has 15 heavy (non-hydrogen) atoms. The normalized spacial score (nSPS) is 25.4. The second kappa shape index (κ2) is 6.21. The van der Waals surface area contributed by atoms with Gasteiger partial charge in [-0.15, -0.1) is 0 Å². The summed E-state index contributed by atoms with van der Waals surface area (Å²) < 4.78 is 5.75. The summed E-state index contributed by atoms with van der Waals surface area (Å²) in [6.07, 6.45) is 7.41. The zero-order valence-electron chi connectivity index (χ0n) is 9.46. The lowest BCUT2D eigenvalue weighted by atomic mass is 9.85. The number of likely N-dealkylation sites (tertiary alicyclic amines) is 1. The molecule has 0 aromatic heterocycles. The fourth-order valence-corrected chi connectivity index (χ4v) is 2.70. The Morgan fingerprint density at radius 3 is 2.40 bits per heavy atom. The monoisotopic (exact) mass is 275 g/mol. The number of piperidine rings is 1. The number of alkyl halides is 1. The van der Waals surface area contributed by atoms with Crippen molar-refractivity contribution in [3.63, 3.8) is 0 Å². The smallest absolute Gasteiger partial charge is 0.0599 e. The Labute approximate surface area is 101 Å². The zero-order chi connectivity index (χ0) is 10.5. The van der Waals surface area contributed by atoms with Crippen molar-refractivity contribution in [1.82, 2.24) is 4.90 Å². The van der Waals surface area contributed by atoms with Crippen LogP contribution in [0.1, 0.15) is 32.1 Å². The highest BCUT2D eigenvalue weighted by Crippen LogP contribution is 2.28. The Bertz CT molecular complexity index is 176. The quantitative estimate of drug-likeness (QED) is 0.716. The van der Waals surface area contributed by atoms with E-state index in [1.165, 1.54) is 51.7 Å². The Balaban J connectivity index is 1.58. The topological polar surface area (TPSA) is 12.5 Å². The summed E-state index contributed by atoms with van der Waals surface area (Å²) in [6, 6.07) is 0. The summed E-state index contributed by atoms with van der Waals surface area (Å²) in [5.41, 5.74) is 0. The second-order valence-electron chi connectivity index (χ2n) is 4.86. The van der Waals surface area contributed by atoms with E-state index in [-0.39, 0.29) is 0 Å². The van der Waals surface area contributed by atoms with E-state index in [2.05, 4.69) is 20.8 Å². The van der Waals surface area contributed by atoms with Gasteiger partial charge in [0.05, 0.1) is 12.7 Å². The summed E-state index contributed by atoms with van der Waals surface area (Å²) in [5, 5.41) is 0.968. The molecule has 0 radical (unpaired) electrons. The molecule has 2 aliphatic rings. The molecule has 0 amide bonds. The molecule has 0 unspecified atom stereocenters. The molecule has 1 saturated heterocycles. The summed E-state index contributed by atoms with van der Waals surface area (Å²) in [5.74, 6) is 1.02. The highest BCUT2D eigenvalue weighted by Gasteiger charge is 2.24. The van der Waals surface area contributed by atoms with Crippen molar-refractivity contribution in [3.8, 4) is 0 Å². The molecule has 3 heteroatoms. The summed E-state index contributed by atoms with van der Waals surface area (Å²) in [4.78, 5) is 2.64. The van der Waals surface area contributed by atoms with E-state index in [1.807, 2.05) is 0 Å². The van der Waals surface area contributed by atoms with E-state index < -0.39 is 0 Å². The van der Waals surface area contributed by atoms with Crippen molar-refractivity contribution in [2.45, 2.75) is 38.2 Å². The Hall–Kier alpha value is 0.400. The third-order valence-electron chi connectivity index (χ3n) is 3.71. The fraction of sp³-hybridized carbons (Fsp3) is 1.00. The molecule has 1 heterocycles. The van der Waals surface area contributed by atoms with Crippen molar-refractivity contribution in [2.24, 2.45) is 5.92 Å². The lowest BCUT2D eigenvalue weighted by Gasteiger charge is -2.36. The van der Waals surface area contributed by atoms with Crippen LogP contribution in [0.4, 0.5) is 0 Å². The van der Waals surface area contributed by atoms with Crippen LogP contribution < -0.4 is 0 Å². The van der Waals surface area contributed by atoms with Gasteiger partial charge < -0.3 is 9.64 Å². The summed E-state index contributed by atoms with van der Waals surface area (Å²) in [6.45, 7) is 4.73. The molecule has 0 aromatic rings. The van der Waals surface area contributed by atoms with Crippen LogP contribution in [-0.2, 0) is 4.74 Å². The fourth-order valence-electron chi connectivity index (χ4n) is 2.51. The Kier molecular flexibility index (Phi) is 4.92. The molecule has 1 aliphatic carbocycles. The lowest BCUT2D eigenvalue weighted by molar-refractivity contribution is 0.00957. The van der Waals surface area contributed by atoms with Crippen molar-refractivity contribution in [1.29, 1.82) is 0 Å². The molecular formula is C12H22BrNO. The first-order valence-corrected chi connectivity index (χ1v) is 7.40. The van der Waals surface area contributed by atoms with Crippen molar-refractivity contribution in [3.05, 3.63) is 0 Å². The van der Waals surface area contributed by atoms with Gasteiger partial charge in [-0.25, -0.2) is 0 Å². The largest absolute Gasteiger partial charge is 0.377 e. The molecule has 0 atom stereocenters. The van der Waals surface area contributed by atoms with Crippen LogP contribution in [0.25, 0.3) is 0 Å². The molecule has 0 aromatic carbocycles. The van der Waals surface area contributed by atoms with Gasteiger partial charge >= 0.3 is 0 Å². The minimum absolute atomic E-state index is 0.528. The minimum Gasteiger partial charge on any atom is -0.377 e. The third-order valence-corrected chi connectivity index (χ3v) is 4.03. The van der Waals surface area contributed by atoms with Gasteiger partial charge in [0.25, 0.3) is 0 Å². The standard InChI is InChI=1S/C12H22BrNO/c13-6-9-15-12-4-7-14(8-5-12)10-11-2-1-3-11/h11-12H,1-10H2. The predicted octanol–water partition coefficient (Wildman–Crippen LogP) is 2.66. The van der Waals surface area contributed by atoms with E-state index in [0.717, 1.165) is 17.9 Å². The average Bonchev–Trinajstić information content (AvgIpc) is 2.22. The van der Waals surface area contributed by atoms with E-state index >= 15 is 0 Å². The van der Waals surface area contributed by atoms with Crippen LogP contribution in [0.5, 0.6) is 0 Å². The highest BCUT2D eigenvalue weighted by atomic mass is 79.9. The minimum atomic E-state index is 0.528. The molecule has 2 fully saturated rings. The third kappa shape index (κ3) is 3.72. The van der Waals surface area contributed by atoms with Gasteiger partial charge in [0, 0.05) is 25.0 Å². The van der Waals surface area contributed by atoms with Crippen molar-refractivity contribution in [2.75, 3.05) is 31.6 Å². The molecule has 88 valence electrons. The van der Waals surface area contributed by atoms with Crippen LogP contribution >= 0.6 is 15.9 Å². The second-order valence-corrected chi connectivity index (χ2v) is 5.65. The highest BCUT2D eigenvalue weighted by molar-refractivity contribution is 9.09. The predicted molar refractivity (Wildman–Crippen MR) is 66.5 cm³/mol. The van der Waals surface area contributed by atoms with Gasteiger partial charge in [0.2, 0.25) is 0 Å². The summed E-state index contributed by atoms with van der Waals surface area (Å²) >= 11 is 3.40. The van der Waals surface area contributed by atoms with Crippen LogP contribution in [-0.4, -0.2) is 42.6 Å². The molecule has 0 bridgehead atoms. The molecular weight excluding hydrogens is 254 g/mol. The van der Waals surface area contributed by atoms with E-state index in [4.69, 9.17) is 4.74 Å². The van der Waals surface area contributed by atoms with Gasteiger partial charge in [-0.2, -0.15) is 0 Å². The zero-order valence-corrected chi connectivity index (χ0v) is 11.0. The van der Waals surface area contributed by atoms with Crippen LogP contribution in [0, 0.1) is 5.92 Å². The first-order chi connectivity index (χ1) is 7.38. The lowest BCUT2D eigenvalue weighted by Crippen LogP contribution is -2.41.